The molecule has 0 aromatic heterocycles. The first-order valence-corrected chi connectivity index (χ1v) is 6.83. The number of hydrogen-bond donors (Lipinski definition) is 1. The van der Waals surface area contributed by atoms with Gasteiger partial charge in [0.2, 0.25) is 0 Å². The standard InChI is InChI=1S/C15H21NO3/c1-3-18-15(17)10-19-14-9-5-6-11-12(14)7-4-8-13(11)16-2/h5-6,9,13,16H,3-4,7-8,10H2,1-2H3. The summed E-state index contributed by atoms with van der Waals surface area (Å²) in [6.45, 7) is 2.16. The Kier molecular flexibility index (Phi) is 4.80. The van der Waals surface area contributed by atoms with Gasteiger partial charge in [-0.1, -0.05) is 12.1 Å². The van der Waals surface area contributed by atoms with Crippen molar-refractivity contribution in [3.8, 4) is 5.75 Å². The zero-order chi connectivity index (χ0) is 13.7. The van der Waals surface area contributed by atoms with Crippen LogP contribution in [0.5, 0.6) is 5.75 Å². The van der Waals surface area contributed by atoms with Crippen LogP contribution in [0.25, 0.3) is 0 Å². The highest BCUT2D eigenvalue weighted by Gasteiger charge is 2.21. The zero-order valence-corrected chi connectivity index (χ0v) is 11.6. The summed E-state index contributed by atoms with van der Waals surface area (Å²) in [6.07, 6.45) is 3.29. The molecule has 0 spiro atoms. The predicted molar refractivity (Wildman–Crippen MR) is 73.3 cm³/mol. The molecule has 0 radical (unpaired) electrons. The summed E-state index contributed by atoms with van der Waals surface area (Å²) in [6, 6.07) is 6.42. The van der Waals surface area contributed by atoms with Gasteiger partial charge in [-0.2, -0.15) is 0 Å². The first-order chi connectivity index (χ1) is 9.26. The van der Waals surface area contributed by atoms with Gasteiger partial charge in [-0.15, -0.1) is 0 Å². The van der Waals surface area contributed by atoms with Gasteiger partial charge in [0, 0.05) is 6.04 Å². The number of esters is 1. The van der Waals surface area contributed by atoms with Crippen LogP contribution in [0.15, 0.2) is 18.2 Å². The molecule has 0 saturated heterocycles. The lowest BCUT2D eigenvalue weighted by atomic mass is 9.87. The molecule has 0 saturated carbocycles. The van der Waals surface area contributed by atoms with Gasteiger partial charge in [-0.3, -0.25) is 0 Å². The van der Waals surface area contributed by atoms with E-state index in [9.17, 15) is 4.79 Å². The Balaban J connectivity index is 2.11. The summed E-state index contributed by atoms with van der Waals surface area (Å²) in [4.78, 5) is 11.3. The Morgan fingerprint density at radius 1 is 1.47 bits per heavy atom. The molecule has 2 rings (SSSR count). The molecular weight excluding hydrogens is 242 g/mol. The number of carbonyl (C=O) groups excluding carboxylic acids is 1. The van der Waals surface area contributed by atoms with Gasteiger partial charge in [-0.25, -0.2) is 4.79 Å². The maximum atomic E-state index is 11.3. The summed E-state index contributed by atoms with van der Waals surface area (Å²) in [5.74, 6) is 0.492. The van der Waals surface area contributed by atoms with Gasteiger partial charge < -0.3 is 14.8 Å². The number of rotatable bonds is 5. The molecule has 104 valence electrons. The van der Waals surface area contributed by atoms with Crippen LogP contribution in [0.1, 0.15) is 36.9 Å². The number of fused-ring (bicyclic) bond motifs is 1. The Morgan fingerprint density at radius 3 is 3.05 bits per heavy atom. The highest BCUT2D eigenvalue weighted by molar-refractivity contribution is 5.71. The van der Waals surface area contributed by atoms with Crippen molar-refractivity contribution in [3.63, 3.8) is 0 Å². The molecule has 0 aliphatic heterocycles. The van der Waals surface area contributed by atoms with E-state index in [1.165, 1.54) is 11.1 Å². The van der Waals surface area contributed by atoms with E-state index >= 15 is 0 Å². The lowest BCUT2D eigenvalue weighted by Crippen LogP contribution is -2.22. The highest BCUT2D eigenvalue weighted by atomic mass is 16.6. The summed E-state index contributed by atoms with van der Waals surface area (Å²) in [5, 5.41) is 3.33. The molecule has 1 atom stereocenters. The van der Waals surface area contributed by atoms with E-state index in [0.717, 1.165) is 25.0 Å². The third-order valence-corrected chi connectivity index (χ3v) is 3.46. The van der Waals surface area contributed by atoms with Crippen molar-refractivity contribution in [2.75, 3.05) is 20.3 Å². The molecular formula is C15H21NO3. The molecule has 0 heterocycles. The van der Waals surface area contributed by atoms with Crippen LogP contribution in [-0.4, -0.2) is 26.2 Å². The molecule has 1 unspecified atom stereocenters. The number of ether oxygens (including phenoxy) is 2. The molecule has 0 fully saturated rings. The Labute approximate surface area is 114 Å². The van der Waals surface area contributed by atoms with Crippen molar-refractivity contribution in [2.24, 2.45) is 0 Å². The SMILES string of the molecule is CCOC(=O)COc1cccc2c1CCCC2NC. The van der Waals surface area contributed by atoms with Crippen LogP contribution in [-0.2, 0) is 16.0 Å². The van der Waals surface area contributed by atoms with Crippen molar-refractivity contribution in [3.05, 3.63) is 29.3 Å². The van der Waals surface area contributed by atoms with Crippen molar-refractivity contribution in [1.29, 1.82) is 0 Å². The lowest BCUT2D eigenvalue weighted by molar-refractivity contribution is -0.145. The maximum Gasteiger partial charge on any atom is 0.344 e. The minimum absolute atomic E-state index is 0.0193. The van der Waals surface area contributed by atoms with Crippen LogP contribution in [0.2, 0.25) is 0 Å². The van der Waals surface area contributed by atoms with E-state index < -0.39 is 0 Å². The topological polar surface area (TPSA) is 47.6 Å². The smallest absolute Gasteiger partial charge is 0.344 e. The number of nitrogens with one attached hydrogen (secondary N) is 1. The van der Waals surface area contributed by atoms with Gasteiger partial charge in [-0.05, 0) is 50.4 Å². The van der Waals surface area contributed by atoms with Crippen molar-refractivity contribution in [1.82, 2.24) is 5.32 Å². The summed E-state index contributed by atoms with van der Waals surface area (Å²) in [7, 11) is 1.98. The van der Waals surface area contributed by atoms with Gasteiger partial charge in [0.05, 0.1) is 6.61 Å². The third-order valence-electron chi connectivity index (χ3n) is 3.46. The van der Waals surface area contributed by atoms with Gasteiger partial charge in [0.1, 0.15) is 5.75 Å². The second-order valence-electron chi connectivity index (χ2n) is 4.65. The summed E-state index contributed by atoms with van der Waals surface area (Å²) >= 11 is 0. The van der Waals surface area contributed by atoms with E-state index in [1.54, 1.807) is 6.92 Å². The van der Waals surface area contributed by atoms with Crippen LogP contribution in [0, 0.1) is 0 Å². The highest BCUT2D eigenvalue weighted by Crippen LogP contribution is 2.35. The number of hydrogen-bond acceptors (Lipinski definition) is 4. The van der Waals surface area contributed by atoms with Crippen LogP contribution >= 0.6 is 0 Å². The largest absolute Gasteiger partial charge is 0.482 e. The quantitative estimate of drug-likeness (QED) is 0.828. The average Bonchev–Trinajstić information content (AvgIpc) is 2.44. The Hall–Kier alpha value is -1.55. The molecule has 1 aliphatic carbocycles. The first kappa shape index (κ1) is 13.9. The van der Waals surface area contributed by atoms with E-state index in [0.29, 0.717) is 12.6 Å². The van der Waals surface area contributed by atoms with Crippen molar-refractivity contribution < 1.29 is 14.3 Å². The molecule has 4 heteroatoms. The molecule has 0 bridgehead atoms. The third kappa shape index (κ3) is 3.26. The van der Waals surface area contributed by atoms with Crippen molar-refractivity contribution >= 4 is 5.97 Å². The van der Waals surface area contributed by atoms with E-state index in [1.807, 2.05) is 19.2 Å². The molecule has 0 amide bonds. The fourth-order valence-electron chi connectivity index (χ4n) is 2.59. The number of carbonyl (C=O) groups is 1. The first-order valence-electron chi connectivity index (χ1n) is 6.83. The average molecular weight is 263 g/mol. The normalized spacial score (nSPS) is 17.7. The monoisotopic (exact) mass is 263 g/mol. The molecule has 19 heavy (non-hydrogen) atoms. The van der Waals surface area contributed by atoms with Crippen LogP contribution in [0.3, 0.4) is 0 Å². The molecule has 4 nitrogen and oxygen atoms in total. The Morgan fingerprint density at radius 2 is 2.32 bits per heavy atom. The molecule has 1 aliphatic rings. The zero-order valence-electron chi connectivity index (χ0n) is 11.6. The lowest BCUT2D eigenvalue weighted by Gasteiger charge is -2.26. The van der Waals surface area contributed by atoms with Crippen LogP contribution in [0.4, 0.5) is 0 Å². The minimum atomic E-state index is -0.318. The van der Waals surface area contributed by atoms with E-state index in [-0.39, 0.29) is 12.6 Å². The van der Waals surface area contributed by atoms with Crippen LogP contribution < -0.4 is 10.1 Å². The molecule has 1 aromatic carbocycles. The second-order valence-corrected chi connectivity index (χ2v) is 4.65. The molecule has 1 aromatic rings. The Bertz CT molecular complexity index is 445. The van der Waals surface area contributed by atoms with E-state index in [2.05, 4.69) is 11.4 Å². The predicted octanol–water partition coefficient (Wildman–Crippen LogP) is 2.23. The fraction of sp³-hybridized carbons (Fsp3) is 0.533. The van der Waals surface area contributed by atoms with Gasteiger partial charge >= 0.3 is 5.97 Å². The second kappa shape index (κ2) is 6.57. The van der Waals surface area contributed by atoms with E-state index in [4.69, 9.17) is 9.47 Å². The van der Waals surface area contributed by atoms with Gasteiger partial charge in [0.25, 0.3) is 0 Å². The summed E-state index contributed by atoms with van der Waals surface area (Å²) < 4.78 is 10.5. The maximum absolute atomic E-state index is 11.3. The minimum Gasteiger partial charge on any atom is -0.482 e. The number of benzene rings is 1. The fourth-order valence-corrected chi connectivity index (χ4v) is 2.59. The summed E-state index contributed by atoms with van der Waals surface area (Å²) in [5.41, 5.74) is 2.51. The van der Waals surface area contributed by atoms with Crippen molar-refractivity contribution in [2.45, 2.75) is 32.2 Å². The van der Waals surface area contributed by atoms with Gasteiger partial charge in [0.15, 0.2) is 6.61 Å². The molecule has 1 N–H and O–H groups in total.